The Kier molecular flexibility index (Phi) is 4.92. The summed E-state index contributed by atoms with van der Waals surface area (Å²) in [5.74, 6) is 0. The monoisotopic (exact) mass is 382 g/mol. The summed E-state index contributed by atoms with van der Waals surface area (Å²) in [6.07, 6.45) is 1.02. The van der Waals surface area contributed by atoms with Crippen LogP contribution in [0.15, 0.2) is 115 Å². The van der Waals surface area contributed by atoms with Gasteiger partial charge in [-0.25, -0.2) is 0 Å². The summed E-state index contributed by atoms with van der Waals surface area (Å²) in [5.41, 5.74) is 2.75. The first-order valence-electron chi connectivity index (χ1n) is 9.85. The number of hydrogen-bond acceptors (Lipinski definition) is 0. The molecule has 0 nitrogen and oxygen atoms in total. The van der Waals surface area contributed by atoms with Gasteiger partial charge in [-0.3, -0.25) is 0 Å². The van der Waals surface area contributed by atoms with E-state index in [4.69, 9.17) is 0 Å². The Balaban J connectivity index is 2.13. The maximum atomic E-state index is 2.55. The molecule has 0 aliphatic heterocycles. The maximum absolute atomic E-state index is 2.73. The SMILES string of the molecule is Cc1ccccc1P(C)(Cc1ccccc1)(c1ccccc1)c1ccccc1. The summed E-state index contributed by atoms with van der Waals surface area (Å²) in [6.45, 7) is 2.08. The zero-order valence-electron chi connectivity index (χ0n) is 16.6. The molecule has 4 aromatic carbocycles. The van der Waals surface area contributed by atoms with E-state index in [0.29, 0.717) is 0 Å². The zero-order valence-corrected chi connectivity index (χ0v) is 17.5. The quantitative estimate of drug-likeness (QED) is 0.391. The van der Waals surface area contributed by atoms with E-state index in [-0.39, 0.29) is 0 Å². The van der Waals surface area contributed by atoms with Gasteiger partial charge in [-0.1, -0.05) is 0 Å². The second-order valence-corrected chi connectivity index (χ2v) is 13.3. The summed E-state index contributed by atoms with van der Waals surface area (Å²) in [4.78, 5) is 0. The molecule has 0 radical (unpaired) electrons. The third kappa shape index (κ3) is 2.99. The molecule has 0 fully saturated rings. The molecule has 0 spiro atoms. The van der Waals surface area contributed by atoms with Gasteiger partial charge in [-0.15, -0.1) is 0 Å². The van der Waals surface area contributed by atoms with E-state index >= 15 is 0 Å². The fraction of sp³-hybridized carbons (Fsp3) is 0.111. The Bertz CT molecular complexity index is 1010. The molecule has 0 aliphatic rings. The summed E-state index contributed by atoms with van der Waals surface area (Å²) in [7, 11) is 0. The summed E-state index contributed by atoms with van der Waals surface area (Å²) >= 11 is 0. The molecule has 0 saturated heterocycles. The molecule has 0 amide bonds. The van der Waals surface area contributed by atoms with E-state index < -0.39 is 6.60 Å². The van der Waals surface area contributed by atoms with Gasteiger partial charge >= 0.3 is 169 Å². The van der Waals surface area contributed by atoms with Crippen LogP contribution in [0.2, 0.25) is 0 Å². The Morgan fingerprint density at radius 2 is 0.964 bits per heavy atom. The Hall–Kier alpha value is -2.69. The van der Waals surface area contributed by atoms with Crippen molar-refractivity contribution < 1.29 is 0 Å². The predicted octanol–water partition coefficient (Wildman–Crippen LogP) is 5.65. The third-order valence-corrected chi connectivity index (χ3v) is 12.5. The van der Waals surface area contributed by atoms with E-state index in [1.165, 1.54) is 27.0 Å². The Morgan fingerprint density at radius 1 is 0.536 bits per heavy atom. The van der Waals surface area contributed by atoms with Crippen molar-refractivity contribution >= 4 is 22.5 Å². The van der Waals surface area contributed by atoms with Crippen molar-refractivity contribution in [1.82, 2.24) is 0 Å². The van der Waals surface area contributed by atoms with Gasteiger partial charge in [-0.2, -0.15) is 0 Å². The molecule has 0 aliphatic carbocycles. The van der Waals surface area contributed by atoms with Crippen molar-refractivity contribution in [2.75, 3.05) is 6.66 Å². The molecule has 0 bridgehead atoms. The van der Waals surface area contributed by atoms with Crippen molar-refractivity contribution in [3.8, 4) is 0 Å². The Labute approximate surface area is 168 Å². The van der Waals surface area contributed by atoms with Crippen LogP contribution in [-0.2, 0) is 6.16 Å². The summed E-state index contributed by atoms with van der Waals surface area (Å²) in [5, 5.41) is 4.37. The third-order valence-electron chi connectivity index (χ3n) is 6.10. The van der Waals surface area contributed by atoms with Gasteiger partial charge in [0.25, 0.3) is 0 Å². The van der Waals surface area contributed by atoms with Crippen LogP contribution in [0.4, 0.5) is 0 Å². The average Bonchev–Trinajstić information content (AvgIpc) is 2.76. The Morgan fingerprint density at radius 3 is 1.46 bits per heavy atom. The van der Waals surface area contributed by atoms with E-state index in [9.17, 15) is 0 Å². The average molecular weight is 382 g/mol. The van der Waals surface area contributed by atoms with E-state index in [1.807, 2.05) is 0 Å². The standard InChI is InChI=1S/C27H27P/c1-23-14-12-13-21-27(23)28(2,25-17-8-4-9-18-25,26-19-10-5-11-20-26)22-24-15-6-3-7-16-24/h3-21H,22H2,1-2H3. The van der Waals surface area contributed by atoms with Crippen LogP contribution >= 0.6 is 6.60 Å². The topological polar surface area (TPSA) is 0 Å². The molecule has 0 saturated carbocycles. The number of aryl methyl sites for hydroxylation is 1. The van der Waals surface area contributed by atoms with Crippen LogP contribution in [0, 0.1) is 6.92 Å². The molecular weight excluding hydrogens is 355 g/mol. The molecule has 0 unspecified atom stereocenters. The molecule has 1 heteroatoms. The first kappa shape index (κ1) is 18.7. The van der Waals surface area contributed by atoms with Gasteiger partial charge in [-0.05, 0) is 0 Å². The van der Waals surface area contributed by atoms with Crippen LogP contribution in [0.5, 0.6) is 0 Å². The minimum atomic E-state index is -2.73. The molecule has 0 aromatic heterocycles. The number of rotatable bonds is 5. The van der Waals surface area contributed by atoms with E-state index in [2.05, 4.69) is 129 Å². The molecule has 0 atom stereocenters. The summed E-state index contributed by atoms with van der Waals surface area (Å²) in [6, 6.07) is 42.3. The van der Waals surface area contributed by atoms with Crippen molar-refractivity contribution in [2.45, 2.75) is 13.1 Å². The first-order chi connectivity index (χ1) is 13.6. The van der Waals surface area contributed by atoms with E-state index in [1.54, 1.807) is 0 Å². The van der Waals surface area contributed by atoms with Gasteiger partial charge < -0.3 is 0 Å². The minimum absolute atomic E-state index is 1.02. The fourth-order valence-corrected chi connectivity index (χ4v) is 10.6. The van der Waals surface area contributed by atoms with Gasteiger partial charge in [0.1, 0.15) is 0 Å². The van der Waals surface area contributed by atoms with Gasteiger partial charge in [0.05, 0.1) is 0 Å². The van der Waals surface area contributed by atoms with Gasteiger partial charge in [0.2, 0.25) is 0 Å². The second-order valence-electron chi connectivity index (χ2n) is 7.90. The molecule has 4 rings (SSSR count). The molecule has 140 valence electrons. The van der Waals surface area contributed by atoms with Crippen LogP contribution in [0.3, 0.4) is 0 Å². The van der Waals surface area contributed by atoms with Crippen LogP contribution < -0.4 is 15.9 Å². The van der Waals surface area contributed by atoms with Crippen LogP contribution in [-0.4, -0.2) is 6.66 Å². The van der Waals surface area contributed by atoms with Crippen LogP contribution in [0.1, 0.15) is 11.1 Å². The normalized spacial score (nSPS) is 12.9. The van der Waals surface area contributed by atoms with Crippen molar-refractivity contribution in [1.29, 1.82) is 0 Å². The molecule has 4 aromatic rings. The van der Waals surface area contributed by atoms with Crippen molar-refractivity contribution in [3.05, 3.63) is 126 Å². The van der Waals surface area contributed by atoms with E-state index in [0.717, 1.165) is 6.16 Å². The summed E-state index contributed by atoms with van der Waals surface area (Å²) < 4.78 is 0. The molecule has 0 heterocycles. The molecule has 28 heavy (non-hydrogen) atoms. The van der Waals surface area contributed by atoms with Crippen LogP contribution in [0.25, 0.3) is 0 Å². The van der Waals surface area contributed by atoms with Crippen molar-refractivity contribution in [2.24, 2.45) is 0 Å². The van der Waals surface area contributed by atoms with Crippen molar-refractivity contribution in [3.63, 3.8) is 0 Å². The second kappa shape index (κ2) is 7.38. The predicted molar refractivity (Wildman–Crippen MR) is 126 cm³/mol. The molecule has 0 N–H and O–H groups in total. The first-order valence-corrected chi connectivity index (χ1v) is 12.7. The molecular formula is C27H27P. The van der Waals surface area contributed by atoms with Gasteiger partial charge in [0, 0.05) is 0 Å². The number of benzene rings is 4. The fourth-order valence-electron chi connectivity index (χ4n) is 4.64. The van der Waals surface area contributed by atoms with Gasteiger partial charge in [0.15, 0.2) is 0 Å². The zero-order chi connectivity index (χ0) is 19.5. The number of hydrogen-bond donors (Lipinski definition) is 0.